The number of likely N-dealkylation sites (tertiary alicyclic amines) is 1. The van der Waals surface area contributed by atoms with Gasteiger partial charge < -0.3 is 10.1 Å². The number of rotatable bonds is 6. The van der Waals surface area contributed by atoms with Crippen molar-refractivity contribution in [3.8, 4) is 5.75 Å². The fourth-order valence-corrected chi connectivity index (χ4v) is 3.64. The van der Waals surface area contributed by atoms with Gasteiger partial charge in [0.05, 0.1) is 19.0 Å². The number of ether oxygens (including phenoxy) is 1. The summed E-state index contributed by atoms with van der Waals surface area (Å²) in [5, 5.41) is 3.57. The van der Waals surface area contributed by atoms with Crippen LogP contribution in [0.1, 0.15) is 36.7 Å². The Hall–Kier alpha value is -1.98. The van der Waals surface area contributed by atoms with Crippen molar-refractivity contribution < 1.29 is 9.13 Å². The molecule has 3 rings (SSSR count). The second-order valence-corrected chi connectivity index (χ2v) is 6.78. The van der Waals surface area contributed by atoms with Crippen LogP contribution < -0.4 is 10.1 Å². The van der Waals surface area contributed by atoms with Crippen molar-refractivity contribution in [2.24, 2.45) is 5.92 Å². The zero-order valence-corrected chi connectivity index (χ0v) is 15.1. The van der Waals surface area contributed by atoms with Gasteiger partial charge in [0.15, 0.2) is 0 Å². The van der Waals surface area contributed by atoms with Gasteiger partial charge in [-0.05, 0) is 62.7 Å². The van der Waals surface area contributed by atoms with Gasteiger partial charge >= 0.3 is 0 Å². The first-order valence-corrected chi connectivity index (χ1v) is 8.77. The van der Waals surface area contributed by atoms with Gasteiger partial charge in [-0.3, -0.25) is 9.88 Å². The van der Waals surface area contributed by atoms with E-state index in [2.05, 4.69) is 41.3 Å². The lowest BCUT2D eigenvalue weighted by Crippen LogP contribution is -2.30. The van der Waals surface area contributed by atoms with Gasteiger partial charge in [-0.2, -0.15) is 0 Å². The maximum atomic E-state index is 13.0. The van der Waals surface area contributed by atoms with Gasteiger partial charge in [0.2, 0.25) is 0 Å². The van der Waals surface area contributed by atoms with Gasteiger partial charge in [-0.1, -0.05) is 12.1 Å². The number of nitrogens with one attached hydrogen (secondary N) is 1. The summed E-state index contributed by atoms with van der Waals surface area (Å²) in [6.45, 7) is 4.06. The fourth-order valence-electron chi connectivity index (χ4n) is 3.64. The van der Waals surface area contributed by atoms with Crippen LogP contribution in [0.25, 0.3) is 0 Å². The van der Waals surface area contributed by atoms with Crippen molar-refractivity contribution in [2.75, 3.05) is 27.2 Å². The smallest absolute Gasteiger partial charge is 0.141 e. The molecule has 1 saturated heterocycles. The minimum absolute atomic E-state index is 0.100. The Morgan fingerprint density at radius 2 is 2.04 bits per heavy atom. The van der Waals surface area contributed by atoms with E-state index in [4.69, 9.17) is 4.74 Å². The van der Waals surface area contributed by atoms with E-state index >= 15 is 0 Å². The van der Waals surface area contributed by atoms with Gasteiger partial charge in [0.25, 0.3) is 0 Å². The van der Waals surface area contributed by atoms with Crippen LogP contribution in [0.3, 0.4) is 0 Å². The second-order valence-electron chi connectivity index (χ2n) is 6.78. The van der Waals surface area contributed by atoms with Crippen molar-refractivity contribution in [1.82, 2.24) is 15.2 Å². The molecule has 2 aromatic rings. The number of nitrogens with zero attached hydrogens (tertiary/aromatic N) is 2. The third kappa shape index (κ3) is 4.17. The van der Waals surface area contributed by atoms with Crippen LogP contribution in [0.15, 0.2) is 42.6 Å². The number of hydrogen-bond acceptors (Lipinski definition) is 4. The van der Waals surface area contributed by atoms with Crippen LogP contribution in [0.4, 0.5) is 4.39 Å². The quantitative estimate of drug-likeness (QED) is 0.870. The monoisotopic (exact) mass is 343 g/mol. The van der Waals surface area contributed by atoms with Crippen molar-refractivity contribution in [3.63, 3.8) is 0 Å². The first-order valence-electron chi connectivity index (χ1n) is 8.77. The van der Waals surface area contributed by atoms with Crippen LogP contribution >= 0.6 is 0 Å². The Balaban J connectivity index is 1.65. The maximum absolute atomic E-state index is 13.0. The first-order chi connectivity index (χ1) is 12.1. The third-order valence-electron chi connectivity index (χ3n) is 5.11. The summed E-state index contributed by atoms with van der Waals surface area (Å²) in [6.07, 6.45) is 2.43. The SMILES string of the molecule is COc1ccc([C@@H]2[C@@H](CN[C@H](C)c3ccc(F)cn3)CCN2C)cc1. The predicted molar refractivity (Wildman–Crippen MR) is 97.1 cm³/mol. The average molecular weight is 343 g/mol. The third-order valence-corrected chi connectivity index (χ3v) is 5.11. The van der Waals surface area contributed by atoms with E-state index in [1.54, 1.807) is 13.2 Å². The minimum Gasteiger partial charge on any atom is -0.497 e. The lowest BCUT2D eigenvalue weighted by molar-refractivity contribution is 0.268. The molecule has 0 bridgehead atoms. The molecule has 0 radical (unpaired) electrons. The van der Waals surface area contributed by atoms with Gasteiger partial charge in [-0.15, -0.1) is 0 Å². The number of aromatic nitrogens is 1. The number of benzene rings is 1. The largest absolute Gasteiger partial charge is 0.497 e. The van der Waals surface area contributed by atoms with Gasteiger partial charge in [0.1, 0.15) is 11.6 Å². The Labute approximate surface area is 149 Å². The molecule has 1 aliphatic rings. The lowest BCUT2D eigenvalue weighted by atomic mass is 9.93. The van der Waals surface area contributed by atoms with E-state index in [0.717, 1.165) is 31.0 Å². The molecule has 1 aromatic carbocycles. The van der Waals surface area contributed by atoms with E-state index in [1.165, 1.54) is 17.8 Å². The lowest BCUT2D eigenvalue weighted by Gasteiger charge is -2.27. The molecular formula is C20H26FN3O. The zero-order valence-electron chi connectivity index (χ0n) is 15.1. The summed E-state index contributed by atoms with van der Waals surface area (Å²) in [5.41, 5.74) is 2.19. The number of hydrogen-bond donors (Lipinski definition) is 1. The standard InChI is InChI=1S/C20H26FN3O/c1-14(19-9-6-17(21)13-23-19)22-12-16-10-11-24(2)20(16)15-4-7-18(25-3)8-5-15/h4-9,13-14,16,20,22H,10-12H2,1-3H3/t14-,16-,20-/m1/s1. The maximum Gasteiger partial charge on any atom is 0.141 e. The number of methoxy groups -OCH3 is 1. The molecule has 134 valence electrons. The molecule has 1 aromatic heterocycles. The van der Waals surface area contributed by atoms with Crippen LogP contribution in [0, 0.1) is 11.7 Å². The Kier molecular flexibility index (Phi) is 5.66. The van der Waals surface area contributed by atoms with Crippen LogP contribution in [0.5, 0.6) is 5.75 Å². The van der Waals surface area contributed by atoms with E-state index in [-0.39, 0.29) is 11.9 Å². The molecule has 0 aliphatic carbocycles. The highest BCUT2D eigenvalue weighted by molar-refractivity contribution is 5.30. The molecule has 0 spiro atoms. The normalized spacial score (nSPS) is 22.1. The van der Waals surface area contributed by atoms with Crippen molar-refractivity contribution in [1.29, 1.82) is 0 Å². The summed E-state index contributed by atoms with van der Waals surface area (Å²) in [6, 6.07) is 12.1. The van der Waals surface area contributed by atoms with E-state index in [1.807, 2.05) is 12.1 Å². The zero-order chi connectivity index (χ0) is 17.8. The van der Waals surface area contributed by atoms with E-state index < -0.39 is 0 Å². The summed E-state index contributed by atoms with van der Waals surface area (Å²) in [5.74, 6) is 1.12. The molecule has 25 heavy (non-hydrogen) atoms. The summed E-state index contributed by atoms with van der Waals surface area (Å²) in [7, 11) is 3.87. The number of pyridine rings is 1. The van der Waals surface area contributed by atoms with Gasteiger partial charge in [0, 0.05) is 18.6 Å². The molecule has 0 saturated carbocycles. The molecular weight excluding hydrogens is 317 g/mol. The molecule has 5 heteroatoms. The summed E-state index contributed by atoms with van der Waals surface area (Å²) in [4.78, 5) is 6.58. The van der Waals surface area contributed by atoms with Crippen LogP contribution in [-0.2, 0) is 0 Å². The van der Waals surface area contributed by atoms with E-state index in [0.29, 0.717) is 12.0 Å². The molecule has 1 N–H and O–H groups in total. The fraction of sp³-hybridized carbons (Fsp3) is 0.450. The van der Waals surface area contributed by atoms with Crippen molar-refractivity contribution in [2.45, 2.75) is 25.4 Å². The highest BCUT2D eigenvalue weighted by Crippen LogP contribution is 2.36. The Morgan fingerprint density at radius 1 is 1.28 bits per heavy atom. The number of halogens is 1. The molecule has 3 atom stereocenters. The Bertz CT molecular complexity index is 674. The predicted octanol–water partition coefficient (Wildman–Crippen LogP) is 3.57. The van der Waals surface area contributed by atoms with Crippen molar-refractivity contribution >= 4 is 0 Å². The average Bonchev–Trinajstić information content (AvgIpc) is 3.01. The highest BCUT2D eigenvalue weighted by atomic mass is 19.1. The molecule has 4 nitrogen and oxygen atoms in total. The van der Waals surface area contributed by atoms with Gasteiger partial charge in [-0.25, -0.2) is 4.39 Å². The highest BCUT2D eigenvalue weighted by Gasteiger charge is 2.33. The minimum atomic E-state index is -0.298. The molecule has 0 unspecified atom stereocenters. The van der Waals surface area contributed by atoms with Crippen LogP contribution in [-0.4, -0.2) is 37.1 Å². The molecule has 2 heterocycles. The Morgan fingerprint density at radius 3 is 2.68 bits per heavy atom. The molecule has 0 amide bonds. The topological polar surface area (TPSA) is 37.4 Å². The molecule has 1 aliphatic heterocycles. The second kappa shape index (κ2) is 7.93. The molecule has 1 fully saturated rings. The van der Waals surface area contributed by atoms with Crippen LogP contribution in [0.2, 0.25) is 0 Å². The van der Waals surface area contributed by atoms with E-state index in [9.17, 15) is 4.39 Å². The summed E-state index contributed by atoms with van der Waals surface area (Å²) < 4.78 is 18.3. The first kappa shape index (κ1) is 17.8. The summed E-state index contributed by atoms with van der Waals surface area (Å²) >= 11 is 0. The van der Waals surface area contributed by atoms with Crippen molar-refractivity contribution in [3.05, 3.63) is 59.7 Å².